The molecule has 3 heteroatoms. The van der Waals surface area contributed by atoms with Crippen molar-refractivity contribution in [2.75, 3.05) is 0 Å². The molecule has 0 aliphatic heterocycles. The molecule has 0 saturated heterocycles. The zero-order valence-corrected chi connectivity index (χ0v) is 8.07. The van der Waals surface area contributed by atoms with E-state index < -0.39 is 5.60 Å². The summed E-state index contributed by atoms with van der Waals surface area (Å²) in [6.07, 6.45) is 4.46. The Morgan fingerprint density at radius 1 is 1.14 bits per heavy atom. The standard InChI is InChI=1S/C11H14O3/c12-6-14-10-9-2-7-1-8(3-9)5-11(10,13)4-7/h7-10H,1-5H2. The molecule has 4 aliphatic rings. The van der Waals surface area contributed by atoms with Crippen molar-refractivity contribution in [3.8, 4) is 0 Å². The van der Waals surface area contributed by atoms with Crippen LogP contribution in [0.1, 0.15) is 32.1 Å². The highest BCUT2D eigenvalue weighted by atomic mass is 16.5. The lowest BCUT2D eigenvalue weighted by Gasteiger charge is -2.56. The van der Waals surface area contributed by atoms with E-state index >= 15 is 0 Å². The summed E-state index contributed by atoms with van der Waals surface area (Å²) in [4.78, 5) is 10.3. The summed E-state index contributed by atoms with van der Waals surface area (Å²) in [5.74, 6) is 1.55. The summed E-state index contributed by atoms with van der Waals surface area (Å²) in [6, 6.07) is 0. The van der Waals surface area contributed by atoms with Gasteiger partial charge in [-0.2, -0.15) is 0 Å². The Balaban J connectivity index is 1.89. The molecular weight excluding hydrogens is 180 g/mol. The second-order valence-electron chi connectivity index (χ2n) is 5.29. The lowest BCUT2D eigenvalue weighted by molar-refractivity contribution is -0.226. The van der Waals surface area contributed by atoms with Gasteiger partial charge in [-0.1, -0.05) is 0 Å². The SMILES string of the molecule is [O]C12CC3CC(CC(C3)C1O[C]=O)C2. The highest BCUT2D eigenvalue weighted by molar-refractivity contribution is 5.39. The van der Waals surface area contributed by atoms with Crippen LogP contribution in [0.15, 0.2) is 0 Å². The van der Waals surface area contributed by atoms with Gasteiger partial charge in [-0.15, -0.1) is 0 Å². The molecule has 4 fully saturated rings. The Morgan fingerprint density at radius 3 is 2.29 bits per heavy atom. The van der Waals surface area contributed by atoms with Crippen LogP contribution < -0.4 is 0 Å². The second kappa shape index (κ2) is 2.72. The fourth-order valence-corrected chi connectivity index (χ4v) is 4.17. The van der Waals surface area contributed by atoms with Crippen LogP contribution in [0.2, 0.25) is 0 Å². The maximum absolute atomic E-state index is 12.4. The maximum atomic E-state index is 12.4. The van der Waals surface area contributed by atoms with Crippen molar-refractivity contribution in [1.29, 1.82) is 0 Å². The van der Waals surface area contributed by atoms with E-state index in [4.69, 9.17) is 4.74 Å². The number of carbonyl (C=O) groups excluding carboxylic acids is 1. The van der Waals surface area contributed by atoms with E-state index in [2.05, 4.69) is 0 Å². The minimum atomic E-state index is -0.966. The van der Waals surface area contributed by atoms with Gasteiger partial charge in [0.1, 0.15) is 11.7 Å². The molecule has 0 heterocycles. The third-order valence-corrected chi connectivity index (χ3v) is 4.33. The van der Waals surface area contributed by atoms with Crippen molar-refractivity contribution in [3.63, 3.8) is 0 Å². The normalized spacial score (nSPS) is 54.6. The highest BCUT2D eigenvalue weighted by Gasteiger charge is 2.59. The molecule has 3 nitrogen and oxygen atoms in total. The Labute approximate surface area is 83.4 Å². The Kier molecular flexibility index (Phi) is 1.69. The van der Waals surface area contributed by atoms with Gasteiger partial charge in [0.15, 0.2) is 0 Å². The largest absolute Gasteiger partial charge is 0.450 e. The molecule has 3 unspecified atom stereocenters. The third kappa shape index (κ3) is 1.05. The van der Waals surface area contributed by atoms with Crippen LogP contribution in [0.4, 0.5) is 0 Å². The zero-order chi connectivity index (χ0) is 9.76. The summed E-state index contributed by atoms with van der Waals surface area (Å²) in [7, 11) is 0. The van der Waals surface area contributed by atoms with Crippen LogP contribution in [0, 0.1) is 17.8 Å². The fourth-order valence-electron chi connectivity index (χ4n) is 4.17. The molecule has 76 valence electrons. The van der Waals surface area contributed by atoms with E-state index in [0.29, 0.717) is 30.6 Å². The van der Waals surface area contributed by atoms with Gasteiger partial charge in [0.2, 0.25) is 0 Å². The van der Waals surface area contributed by atoms with Gasteiger partial charge in [0.05, 0.1) is 0 Å². The molecule has 0 amide bonds. The van der Waals surface area contributed by atoms with E-state index in [0.717, 1.165) is 12.8 Å². The van der Waals surface area contributed by atoms with Crippen LogP contribution in [0.3, 0.4) is 0 Å². The molecule has 0 aromatic heterocycles. The van der Waals surface area contributed by atoms with Gasteiger partial charge in [-0.05, 0) is 49.9 Å². The van der Waals surface area contributed by atoms with Gasteiger partial charge in [0, 0.05) is 0 Å². The van der Waals surface area contributed by atoms with Gasteiger partial charge in [0.25, 0.3) is 0 Å². The second-order valence-corrected chi connectivity index (χ2v) is 5.29. The van der Waals surface area contributed by atoms with Gasteiger partial charge in [-0.25, -0.2) is 9.90 Å². The quantitative estimate of drug-likeness (QED) is 0.667. The summed E-state index contributed by atoms with van der Waals surface area (Å²) >= 11 is 0. The first-order valence-corrected chi connectivity index (χ1v) is 5.44. The minimum Gasteiger partial charge on any atom is -0.450 e. The van der Waals surface area contributed by atoms with Crippen molar-refractivity contribution >= 4 is 6.47 Å². The van der Waals surface area contributed by atoms with Crippen LogP contribution in [0.25, 0.3) is 0 Å². The minimum absolute atomic E-state index is 0.334. The highest BCUT2D eigenvalue weighted by Crippen LogP contribution is 2.56. The monoisotopic (exact) mass is 194 g/mol. The molecular formula is C11H14O3. The summed E-state index contributed by atoms with van der Waals surface area (Å²) in [5, 5.41) is 12.4. The Bertz CT molecular complexity index is 249. The molecule has 0 aromatic rings. The average Bonchev–Trinajstić information content (AvgIpc) is 2.09. The topological polar surface area (TPSA) is 46.2 Å². The third-order valence-electron chi connectivity index (χ3n) is 4.33. The van der Waals surface area contributed by atoms with E-state index in [1.165, 1.54) is 12.9 Å². The number of rotatable bonds is 2. The predicted molar refractivity (Wildman–Crippen MR) is 47.5 cm³/mol. The van der Waals surface area contributed by atoms with Gasteiger partial charge < -0.3 is 4.74 Å². The van der Waals surface area contributed by atoms with Crippen LogP contribution in [0.5, 0.6) is 0 Å². The van der Waals surface area contributed by atoms with Crippen molar-refractivity contribution in [2.24, 2.45) is 17.8 Å². The Hall–Kier alpha value is -0.570. The summed E-state index contributed by atoms with van der Waals surface area (Å²) < 4.78 is 4.90. The van der Waals surface area contributed by atoms with Crippen LogP contribution in [-0.2, 0) is 14.6 Å². The average molecular weight is 194 g/mol. The van der Waals surface area contributed by atoms with Crippen molar-refractivity contribution < 1.29 is 14.6 Å². The van der Waals surface area contributed by atoms with E-state index in [1.54, 1.807) is 0 Å². The molecule has 0 N–H and O–H groups in total. The first kappa shape index (κ1) is 8.72. The van der Waals surface area contributed by atoms with Crippen LogP contribution >= 0.6 is 0 Å². The molecule has 3 atom stereocenters. The molecule has 0 aromatic carbocycles. The zero-order valence-electron chi connectivity index (χ0n) is 8.07. The molecule has 4 rings (SSSR count). The van der Waals surface area contributed by atoms with E-state index in [9.17, 15) is 9.90 Å². The fraction of sp³-hybridized carbons (Fsp3) is 0.909. The molecule has 14 heavy (non-hydrogen) atoms. The van der Waals surface area contributed by atoms with Crippen LogP contribution in [-0.4, -0.2) is 18.2 Å². The first-order valence-electron chi connectivity index (χ1n) is 5.44. The van der Waals surface area contributed by atoms with E-state index in [1.807, 2.05) is 0 Å². The lowest BCUT2D eigenvalue weighted by Crippen LogP contribution is -2.60. The number of hydrogen-bond acceptors (Lipinski definition) is 2. The van der Waals surface area contributed by atoms with Gasteiger partial charge >= 0.3 is 6.47 Å². The summed E-state index contributed by atoms with van der Waals surface area (Å²) in [6.45, 7) is 1.47. The Morgan fingerprint density at radius 2 is 1.79 bits per heavy atom. The van der Waals surface area contributed by atoms with E-state index in [-0.39, 0.29) is 6.10 Å². The first-order chi connectivity index (χ1) is 6.71. The molecule has 4 bridgehead atoms. The molecule has 2 radical (unpaired) electrons. The molecule has 4 aliphatic carbocycles. The molecule has 0 spiro atoms. The predicted octanol–water partition coefficient (Wildman–Crippen LogP) is 1.45. The van der Waals surface area contributed by atoms with Gasteiger partial charge in [-0.3, -0.25) is 0 Å². The van der Waals surface area contributed by atoms with Crippen molar-refractivity contribution in [2.45, 2.75) is 43.8 Å². The molecule has 4 saturated carbocycles. The van der Waals surface area contributed by atoms with Crippen molar-refractivity contribution in [1.82, 2.24) is 0 Å². The number of ether oxygens (including phenoxy) is 1. The number of hydrogen-bond donors (Lipinski definition) is 0. The summed E-state index contributed by atoms with van der Waals surface area (Å²) in [5.41, 5.74) is -0.966. The maximum Gasteiger partial charge on any atom is 0.417 e. The smallest absolute Gasteiger partial charge is 0.417 e. The van der Waals surface area contributed by atoms with Crippen molar-refractivity contribution in [3.05, 3.63) is 0 Å². The lowest BCUT2D eigenvalue weighted by atomic mass is 9.53.